The lowest BCUT2D eigenvalue weighted by atomic mass is 10.2. The molecule has 0 bridgehead atoms. The van der Waals surface area contributed by atoms with Crippen LogP contribution >= 0.6 is 0 Å². The van der Waals surface area contributed by atoms with Crippen molar-refractivity contribution in [2.75, 3.05) is 18.1 Å². The number of ether oxygens (including phenoxy) is 2. The van der Waals surface area contributed by atoms with Gasteiger partial charge in [0.15, 0.2) is 11.5 Å². The quantitative estimate of drug-likeness (QED) is 0.455. The highest BCUT2D eigenvalue weighted by Crippen LogP contribution is 2.31. The van der Waals surface area contributed by atoms with Gasteiger partial charge in [-0.05, 0) is 23.8 Å². The molecule has 0 amide bonds. The zero-order valence-electron chi connectivity index (χ0n) is 9.28. The number of aromatic nitrogens is 3. The van der Waals surface area contributed by atoms with E-state index in [4.69, 9.17) is 15.3 Å². The summed E-state index contributed by atoms with van der Waals surface area (Å²) in [6.45, 7) is 0.254. The van der Waals surface area contributed by atoms with E-state index in [0.717, 1.165) is 11.3 Å². The molecule has 8 heteroatoms. The van der Waals surface area contributed by atoms with Crippen LogP contribution in [0.3, 0.4) is 0 Å². The third kappa shape index (κ3) is 1.90. The average molecular weight is 246 g/mol. The molecule has 8 nitrogen and oxygen atoms in total. The average Bonchev–Trinajstić information content (AvgIpc) is 2.98. The molecule has 1 aromatic carbocycles. The van der Waals surface area contributed by atoms with Gasteiger partial charge in [0.2, 0.25) is 6.79 Å². The Balaban J connectivity index is 1.71. The molecule has 0 radical (unpaired) electrons. The van der Waals surface area contributed by atoms with E-state index in [9.17, 15) is 0 Å². The lowest BCUT2D eigenvalue weighted by Crippen LogP contribution is -2.10. The number of benzene rings is 1. The first-order valence-corrected chi connectivity index (χ1v) is 5.17. The van der Waals surface area contributed by atoms with Crippen molar-refractivity contribution in [3.8, 4) is 11.5 Å². The fourth-order valence-corrected chi connectivity index (χ4v) is 1.48. The van der Waals surface area contributed by atoms with Crippen LogP contribution in [0, 0.1) is 0 Å². The number of rotatable bonds is 3. The summed E-state index contributed by atoms with van der Waals surface area (Å²) in [4.78, 5) is 0. The van der Waals surface area contributed by atoms with E-state index >= 15 is 0 Å². The van der Waals surface area contributed by atoms with Gasteiger partial charge in [-0.15, -0.1) is 10.2 Å². The molecule has 1 aromatic heterocycles. The van der Waals surface area contributed by atoms with Crippen LogP contribution in [0.15, 0.2) is 29.6 Å². The van der Waals surface area contributed by atoms with Crippen LogP contribution in [0.25, 0.3) is 0 Å². The molecule has 0 saturated carbocycles. The number of hydrazone groups is 1. The number of nitrogen functional groups attached to an aromatic ring is 1. The summed E-state index contributed by atoms with van der Waals surface area (Å²) >= 11 is 0. The summed E-state index contributed by atoms with van der Waals surface area (Å²) in [6.07, 6.45) is 3.00. The van der Waals surface area contributed by atoms with E-state index < -0.39 is 0 Å². The van der Waals surface area contributed by atoms with Crippen molar-refractivity contribution in [1.82, 2.24) is 14.9 Å². The van der Waals surface area contributed by atoms with Gasteiger partial charge in [0, 0.05) is 0 Å². The largest absolute Gasteiger partial charge is 0.454 e. The predicted molar refractivity (Wildman–Crippen MR) is 64.0 cm³/mol. The fraction of sp³-hybridized carbons (Fsp3) is 0.100. The first kappa shape index (κ1) is 10.4. The highest BCUT2D eigenvalue weighted by molar-refractivity contribution is 5.81. The van der Waals surface area contributed by atoms with Crippen LogP contribution in [0.2, 0.25) is 0 Å². The summed E-state index contributed by atoms with van der Waals surface area (Å²) in [5.41, 5.74) is 3.54. The summed E-state index contributed by atoms with van der Waals surface area (Å²) in [6, 6.07) is 5.53. The van der Waals surface area contributed by atoms with Crippen molar-refractivity contribution in [3.05, 3.63) is 30.1 Å². The third-order valence-corrected chi connectivity index (χ3v) is 2.35. The molecule has 0 unspecified atom stereocenters. The van der Waals surface area contributed by atoms with Gasteiger partial charge in [0.05, 0.1) is 6.21 Å². The van der Waals surface area contributed by atoms with Crippen molar-refractivity contribution >= 4 is 12.2 Å². The predicted octanol–water partition coefficient (Wildman–Crippen LogP) is 0.167. The number of nitrogens with zero attached hydrogens (tertiary/aromatic N) is 4. The molecule has 92 valence electrons. The Morgan fingerprint density at radius 2 is 2.28 bits per heavy atom. The van der Waals surface area contributed by atoms with E-state index in [1.54, 1.807) is 6.21 Å². The molecule has 0 aliphatic carbocycles. The third-order valence-electron chi connectivity index (χ3n) is 2.35. The molecule has 0 fully saturated rings. The van der Waals surface area contributed by atoms with Crippen molar-refractivity contribution in [2.24, 2.45) is 5.10 Å². The Morgan fingerprint density at radius 3 is 3.11 bits per heavy atom. The van der Waals surface area contributed by atoms with Gasteiger partial charge < -0.3 is 15.3 Å². The first-order chi connectivity index (χ1) is 8.83. The Bertz CT molecular complexity index is 594. The minimum Gasteiger partial charge on any atom is -0.454 e. The summed E-state index contributed by atoms with van der Waals surface area (Å²) in [7, 11) is 0. The molecular weight excluding hydrogens is 236 g/mol. The molecule has 2 aromatic rings. The highest BCUT2D eigenvalue weighted by atomic mass is 16.7. The monoisotopic (exact) mass is 246 g/mol. The smallest absolute Gasteiger partial charge is 0.263 e. The van der Waals surface area contributed by atoms with E-state index in [1.165, 1.54) is 11.0 Å². The number of fused-ring (bicyclic) bond motifs is 1. The van der Waals surface area contributed by atoms with Crippen LogP contribution in [-0.4, -0.2) is 27.9 Å². The first-order valence-electron chi connectivity index (χ1n) is 5.17. The maximum absolute atomic E-state index is 5.51. The summed E-state index contributed by atoms with van der Waals surface area (Å²) in [5.74, 6) is 7.31. The second kappa shape index (κ2) is 4.24. The van der Waals surface area contributed by atoms with Gasteiger partial charge in [0.1, 0.15) is 6.33 Å². The topological polar surface area (TPSA) is 99.6 Å². The van der Waals surface area contributed by atoms with Gasteiger partial charge in [-0.25, -0.2) is 10.1 Å². The van der Waals surface area contributed by atoms with E-state index in [0.29, 0.717) is 11.7 Å². The lowest BCUT2D eigenvalue weighted by Gasteiger charge is -1.99. The van der Waals surface area contributed by atoms with Crippen molar-refractivity contribution in [3.63, 3.8) is 0 Å². The summed E-state index contributed by atoms with van der Waals surface area (Å²) in [5, 5.41) is 11.3. The summed E-state index contributed by atoms with van der Waals surface area (Å²) < 4.78 is 11.7. The zero-order chi connectivity index (χ0) is 12.4. The van der Waals surface area contributed by atoms with Gasteiger partial charge in [-0.3, -0.25) is 0 Å². The molecule has 3 rings (SSSR count). The number of anilines is 1. The molecule has 0 saturated heterocycles. The van der Waals surface area contributed by atoms with Crippen LogP contribution < -0.4 is 20.7 Å². The Hall–Kier alpha value is -2.77. The molecular formula is C10H10N6O2. The van der Waals surface area contributed by atoms with Gasteiger partial charge in [0.25, 0.3) is 5.95 Å². The lowest BCUT2D eigenvalue weighted by molar-refractivity contribution is 0.174. The van der Waals surface area contributed by atoms with Gasteiger partial charge in [-0.1, -0.05) is 0 Å². The number of nitrogens with two attached hydrogens (primary N) is 1. The fourth-order valence-electron chi connectivity index (χ4n) is 1.48. The molecule has 0 atom stereocenters. The number of nitrogens with one attached hydrogen (secondary N) is 1. The van der Waals surface area contributed by atoms with Crippen LogP contribution in [0.4, 0.5) is 5.95 Å². The normalized spacial score (nSPS) is 13.1. The Kier molecular flexibility index (Phi) is 2.45. The van der Waals surface area contributed by atoms with Crippen molar-refractivity contribution < 1.29 is 9.47 Å². The SMILES string of the molecule is Nn1cnnc1N/N=C/c1ccc2c(c1)OCO2. The maximum atomic E-state index is 5.51. The van der Waals surface area contributed by atoms with Gasteiger partial charge >= 0.3 is 0 Å². The molecule has 18 heavy (non-hydrogen) atoms. The van der Waals surface area contributed by atoms with E-state index in [2.05, 4.69) is 20.7 Å². The van der Waals surface area contributed by atoms with Crippen LogP contribution in [0.1, 0.15) is 5.56 Å². The second-order valence-electron chi connectivity index (χ2n) is 3.54. The van der Waals surface area contributed by atoms with E-state index in [-0.39, 0.29) is 6.79 Å². The minimum atomic E-state index is 0.254. The van der Waals surface area contributed by atoms with Crippen LogP contribution in [-0.2, 0) is 0 Å². The number of hydrogen-bond donors (Lipinski definition) is 2. The molecule has 2 heterocycles. The Labute approximate surface area is 102 Å². The Morgan fingerprint density at radius 1 is 1.39 bits per heavy atom. The standard InChI is InChI=1S/C10H10N6O2/c11-16-5-13-15-10(16)14-12-4-7-1-2-8-9(3-7)18-6-17-8/h1-5H,6,11H2,(H,14,15)/b12-4+. The molecule has 3 N–H and O–H groups in total. The highest BCUT2D eigenvalue weighted by Gasteiger charge is 2.12. The van der Waals surface area contributed by atoms with E-state index in [1.807, 2.05) is 18.2 Å². The molecule has 0 spiro atoms. The minimum absolute atomic E-state index is 0.254. The molecule has 1 aliphatic heterocycles. The van der Waals surface area contributed by atoms with Crippen molar-refractivity contribution in [1.29, 1.82) is 0 Å². The molecule has 1 aliphatic rings. The van der Waals surface area contributed by atoms with Gasteiger partial charge in [-0.2, -0.15) is 5.10 Å². The second-order valence-corrected chi connectivity index (χ2v) is 3.54. The van der Waals surface area contributed by atoms with Crippen molar-refractivity contribution in [2.45, 2.75) is 0 Å². The number of hydrogen-bond acceptors (Lipinski definition) is 7. The maximum Gasteiger partial charge on any atom is 0.263 e. The van der Waals surface area contributed by atoms with Crippen LogP contribution in [0.5, 0.6) is 11.5 Å². The zero-order valence-corrected chi connectivity index (χ0v) is 9.28.